The number of aryl methyl sites for hydroxylation is 1. The first-order valence-corrected chi connectivity index (χ1v) is 5.43. The van der Waals surface area contributed by atoms with Crippen LogP contribution in [-0.2, 0) is 6.42 Å². The van der Waals surface area contributed by atoms with Crippen LogP contribution in [0.1, 0.15) is 37.2 Å². The predicted molar refractivity (Wildman–Crippen MR) is 58.1 cm³/mol. The van der Waals surface area contributed by atoms with Gasteiger partial charge in [0.15, 0.2) is 0 Å². The Balaban J connectivity index is 2.31. The van der Waals surface area contributed by atoms with E-state index in [0.29, 0.717) is 5.92 Å². The summed E-state index contributed by atoms with van der Waals surface area (Å²) < 4.78 is 1.67. The zero-order chi connectivity index (χ0) is 11.0. The van der Waals surface area contributed by atoms with Crippen molar-refractivity contribution in [1.29, 1.82) is 0 Å². The summed E-state index contributed by atoms with van der Waals surface area (Å²) in [6, 6.07) is -0.00810. The lowest BCUT2D eigenvalue weighted by Crippen LogP contribution is -2.28. The lowest BCUT2D eigenvalue weighted by molar-refractivity contribution is 0.218. The minimum Gasteiger partial charge on any atom is -0.330 e. The van der Waals surface area contributed by atoms with Crippen LogP contribution in [0.4, 0.5) is 4.79 Å². The Labute approximate surface area is 89.9 Å². The van der Waals surface area contributed by atoms with E-state index in [9.17, 15) is 4.79 Å². The van der Waals surface area contributed by atoms with E-state index in [4.69, 9.17) is 0 Å². The van der Waals surface area contributed by atoms with E-state index in [1.807, 2.05) is 13.1 Å². The van der Waals surface area contributed by atoms with Gasteiger partial charge < -0.3 is 4.90 Å². The van der Waals surface area contributed by atoms with Gasteiger partial charge in [0.05, 0.1) is 5.69 Å². The Kier molecular flexibility index (Phi) is 2.50. The standard InChI is InChI=1S/C11H17N3O/c1-4-10-12-9(8-5-6-8)7-14(10)11(15)13(2)3/h7-8H,4-6H2,1-3H3. The lowest BCUT2D eigenvalue weighted by atomic mass is 10.3. The highest BCUT2D eigenvalue weighted by Gasteiger charge is 2.28. The molecular formula is C11H17N3O. The van der Waals surface area contributed by atoms with E-state index in [2.05, 4.69) is 4.98 Å². The summed E-state index contributed by atoms with van der Waals surface area (Å²) in [5.74, 6) is 1.47. The highest BCUT2D eigenvalue weighted by molar-refractivity contribution is 5.77. The Morgan fingerprint density at radius 1 is 1.60 bits per heavy atom. The molecule has 1 aliphatic rings. The van der Waals surface area contributed by atoms with E-state index in [-0.39, 0.29) is 6.03 Å². The van der Waals surface area contributed by atoms with E-state index in [1.54, 1.807) is 23.6 Å². The molecule has 1 fully saturated rings. The summed E-state index contributed by atoms with van der Waals surface area (Å²) >= 11 is 0. The Morgan fingerprint density at radius 2 is 2.27 bits per heavy atom. The van der Waals surface area contributed by atoms with Crippen LogP contribution in [0.25, 0.3) is 0 Å². The molecule has 4 nitrogen and oxygen atoms in total. The number of rotatable bonds is 2. The molecule has 0 radical (unpaired) electrons. The molecule has 0 bridgehead atoms. The molecule has 1 saturated carbocycles. The highest BCUT2D eigenvalue weighted by atomic mass is 16.2. The summed E-state index contributed by atoms with van der Waals surface area (Å²) in [7, 11) is 3.52. The smallest absolute Gasteiger partial charge is 0.329 e. The Morgan fingerprint density at radius 3 is 2.73 bits per heavy atom. The fraction of sp³-hybridized carbons (Fsp3) is 0.636. The molecule has 0 aliphatic heterocycles. The Hall–Kier alpha value is -1.32. The van der Waals surface area contributed by atoms with Gasteiger partial charge in [0.1, 0.15) is 5.82 Å². The van der Waals surface area contributed by atoms with Crippen molar-refractivity contribution in [3.8, 4) is 0 Å². The van der Waals surface area contributed by atoms with Crippen LogP contribution in [0.3, 0.4) is 0 Å². The minimum atomic E-state index is -0.00810. The van der Waals surface area contributed by atoms with Crippen molar-refractivity contribution >= 4 is 6.03 Å². The molecule has 0 spiro atoms. The third kappa shape index (κ3) is 1.89. The summed E-state index contributed by atoms with van der Waals surface area (Å²) in [5.41, 5.74) is 1.09. The number of amides is 1. The van der Waals surface area contributed by atoms with Gasteiger partial charge in [0, 0.05) is 32.6 Å². The van der Waals surface area contributed by atoms with Crippen molar-refractivity contribution in [2.75, 3.05) is 14.1 Å². The fourth-order valence-electron chi connectivity index (χ4n) is 1.64. The molecule has 1 amide bonds. The van der Waals surface area contributed by atoms with Crippen LogP contribution in [0.5, 0.6) is 0 Å². The molecule has 4 heteroatoms. The Bertz CT molecular complexity index is 377. The average molecular weight is 207 g/mol. The first-order valence-electron chi connectivity index (χ1n) is 5.43. The first kappa shape index (κ1) is 10.2. The molecule has 1 aliphatic carbocycles. The number of carbonyl (C=O) groups excluding carboxylic acids is 1. The van der Waals surface area contributed by atoms with Gasteiger partial charge in [-0.05, 0) is 12.8 Å². The summed E-state index contributed by atoms with van der Waals surface area (Å²) in [4.78, 5) is 17.9. The summed E-state index contributed by atoms with van der Waals surface area (Å²) in [6.07, 6.45) is 5.14. The quantitative estimate of drug-likeness (QED) is 0.742. The second-order valence-corrected chi connectivity index (χ2v) is 4.26. The molecule has 1 aromatic rings. The number of carbonyl (C=O) groups is 1. The zero-order valence-electron chi connectivity index (χ0n) is 9.53. The van der Waals surface area contributed by atoms with Crippen LogP contribution < -0.4 is 0 Å². The van der Waals surface area contributed by atoms with E-state index in [1.165, 1.54) is 12.8 Å². The van der Waals surface area contributed by atoms with E-state index >= 15 is 0 Å². The lowest BCUT2D eigenvalue weighted by Gasteiger charge is -2.11. The van der Waals surface area contributed by atoms with Gasteiger partial charge >= 0.3 is 6.03 Å². The topological polar surface area (TPSA) is 38.1 Å². The molecular weight excluding hydrogens is 190 g/mol. The molecule has 1 aromatic heterocycles. The van der Waals surface area contributed by atoms with Crippen molar-refractivity contribution in [1.82, 2.24) is 14.5 Å². The van der Waals surface area contributed by atoms with Crippen LogP contribution in [0.15, 0.2) is 6.20 Å². The van der Waals surface area contributed by atoms with Crippen molar-refractivity contribution in [3.63, 3.8) is 0 Å². The first-order chi connectivity index (χ1) is 7.13. The van der Waals surface area contributed by atoms with Gasteiger partial charge in [-0.15, -0.1) is 0 Å². The predicted octanol–water partition coefficient (Wildman–Crippen LogP) is 1.85. The van der Waals surface area contributed by atoms with E-state index in [0.717, 1.165) is 17.9 Å². The van der Waals surface area contributed by atoms with E-state index < -0.39 is 0 Å². The second-order valence-electron chi connectivity index (χ2n) is 4.26. The molecule has 0 aromatic carbocycles. The SMILES string of the molecule is CCc1nc(C2CC2)cn1C(=O)N(C)C. The summed E-state index contributed by atoms with van der Waals surface area (Å²) in [5, 5.41) is 0. The maximum absolute atomic E-state index is 11.8. The fourth-order valence-corrected chi connectivity index (χ4v) is 1.64. The molecule has 15 heavy (non-hydrogen) atoms. The molecule has 82 valence electrons. The average Bonchev–Trinajstić information content (AvgIpc) is 2.97. The zero-order valence-corrected chi connectivity index (χ0v) is 9.53. The highest BCUT2D eigenvalue weighted by Crippen LogP contribution is 2.39. The van der Waals surface area contributed by atoms with Gasteiger partial charge in [-0.2, -0.15) is 0 Å². The maximum atomic E-state index is 11.8. The molecule has 1 heterocycles. The molecule has 0 unspecified atom stereocenters. The van der Waals surface area contributed by atoms with Crippen molar-refractivity contribution < 1.29 is 4.79 Å². The second kappa shape index (κ2) is 3.68. The number of imidazole rings is 1. The monoisotopic (exact) mass is 207 g/mol. The summed E-state index contributed by atoms with van der Waals surface area (Å²) in [6.45, 7) is 2.03. The van der Waals surface area contributed by atoms with Gasteiger partial charge in [-0.25, -0.2) is 9.78 Å². The maximum Gasteiger partial charge on any atom is 0.329 e. The van der Waals surface area contributed by atoms with Crippen LogP contribution in [-0.4, -0.2) is 34.6 Å². The van der Waals surface area contributed by atoms with Crippen LogP contribution >= 0.6 is 0 Å². The van der Waals surface area contributed by atoms with Crippen molar-refractivity contribution in [2.24, 2.45) is 0 Å². The largest absolute Gasteiger partial charge is 0.330 e. The molecule has 2 rings (SSSR count). The number of hydrogen-bond acceptors (Lipinski definition) is 2. The number of aromatic nitrogens is 2. The minimum absolute atomic E-state index is 0.00810. The van der Waals surface area contributed by atoms with Gasteiger partial charge in [-0.3, -0.25) is 4.57 Å². The molecule has 0 atom stereocenters. The van der Waals surface area contributed by atoms with Crippen LogP contribution in [0.2, 0.25) is 0 Å². The van der Waals surface area contributed by atoms with Gasteiger partial charge in [-0.1, -0.05) is 6.92 Å². The third-order valence-corrected chi connectivity index (χ3v) is 2.70. The van der Waals surface area contributed by atoms with Crippen molar-refractivity contribution in [3.05, 3.63) is 17.7 Å². The van der Waals surface area contributed by atoms with Crippen molar-refractivity contribution in [2.45, 2.75) is 32.1 Å². The molecule has 0 saturated heterocycles. The van der Waals surface area contributed by atoms with Gasteiger partial charge in [0.2, 0.25) is 0 Å². The normalized spacial score (nSPS) is 15.4. The van der Waals surface area contributed by atoms with Crippen LogP contribution in [0, 0.1) is 0 Å². The number of hydrogen-bond donors (Lipinski definition) is 0. The van der Waals surface area contributed by atoms with Gasteiger partial charge in [0.25, 0.3) is 0 Å². The molecule has 0 N–H and O–H groups in total. The third-order valence-electron chi connectivity index (χ3n) is 2.70. The number of nitrogens with zero attached hydrogens (tertiary/aromatic N) is 3.